The maximum Gasteiger partial charge on any atom is 0.417 e. The van der Waals surface area contributed by atoms with Crippen molar-refractivity contribution in [1.29, 1.82) is 0 Å². The van der Waals surface area contributed by atoms with E-state index in [1.165, 1.54) is 0 Å². The first-order chi connectivity index (χ1) is 8.21. The highest BCUT2D eigenvalue weighted by Gasteiger charge is 2.35. The fourth-order valence-electron chi connectivity index (χ4n) is 1.24. The third-order valence-electron chi connectivity index (χ3n) is 1.99. The van der Waals surface area contributed by atoms with Gasteiger partial charge in [0.15, 0.2) is 6.61 Å². The van der Waals surface area contributed by atoms with Gasteiger partial charge in [-0.2, -0.15) is 13.2 Å². The van der Waals surface area contributed by atoms with Crippen LogP contribution < -0.4 is 0 Å². The lowest BCUT2D eigenvalue weighted by atomic mass is 10.0. The zero-order chi connectivity index (χ0) is 13.9. The molecule has 0 unspecified atom stereocenters. The minimum absolute atomic E-state index is 0.223. The molecule has 0 amide bonds. The van der Waals surface area contributed by atoms with Crippen LogP contribution in [0.2, 0.25) is 0 Å². The van der Waals surface area contributed by atoms with E-state index in [-0.39, 0.29) is 6.07 Å². The van der Waals surface area contributed by atoms with Crippen molar-refractivity contribution in [1.82, 2.24) is 0 Å². The molecule has 0 heterocycles. The lowest BCUT2D eigenvalue weighted by Crippen LogP contribution is -2.18. The molecule has 0 spiro atoms. The van der Waals surface area contributed by atoms with Crippen molar-refractivity contribution in [3.05, 3.63) is 35.1 Å². The molecule has 0 N–H and O–H groups in total. The molecule has 3 nitrogen and oxygen atoms in total. The summed E-state index contributed by atoms with van der Waals surface area (Å²) >= 11 is 0. The van der Waals surface area contributed by atoms with Gasteiger partial charge in [0.05, 0.1) is 5.56 Å². The predicted molar refractivity (Wildman–Crippen MR) is 52.4 cm³/mol. The minimum atomic E-state index is -4.86. The van der Waals surface area contributed by atoms with Gasteiger partial charge in [0.1, 0.15) is 5.82 Å². The van der Waals surface area contributed by atoms with Gasteiger partial charge < -0.3 is 4.74 Å². The van der Waals surface area contributed by atoms with Crippen LogP contribution in [0.3, 0.4) is 0 Å². The Morgan fingerprint density at radius 1 is 1.28 bits per heavy atom. The Balaban J connectivity index is 3.08. The summed E-state index contributed by atoms with van der Waals surface area (Å²) in [6.45, 7) is 0.201. The second-order valence-corrected chi connectivity index (χ2v) is 3.39. The third-order valence-corrected chi connectivity index (χ3v) is 1.99. The van der Waals surface area contributed by atoms with E-state index in [2.05, 4.69) is 4.74 Å². The molecule has 0 atom stereocenters. The molecule has 0 radical (unpaired) electrons. The maximum atomic E-state index is 12.8. The lowest BCUT2D eigenvalue weighted by Gasteiger charge is -2.11. The van der Waals surface area contributed by atoms with Gasteiger partial charge in [-0.05, 0) is 18.2 Å². The SMILES string of the molecule is CC(=O)OCC(=O)c1ccc(F)cc1C(F)(F)F. The van der Waals surface area contributed by atoms with E-state index in [4.69, 9.17) is 0 Å². The lowest BCUT2D eigenvalue weighted by molar-refractivity contribution is -0.139. The summed E-state index contributed by atoms with van der Waals surface area (Å²) in [4.78, 5) is 21.9. The van der Waals surface area contributed by atoms with E-state index in [9.17, 15) is 27.2 Å². The summed E-state index contributed by atoms with van der Waals surface area (Å²) in [5.74, 6) is -2.94. The second kappa shape index (κ2) is 5.16. The van der Waals surface area contributed by atoms with Crippen molar-refractivity contribution < 1.29 is 31.9 Å². The summed E-state index contributed by atoms with van der Waals surface area (Å²) in [5, 5.41) is 0. The number of alkyl halides is 3. The quantitative estimate of drug-likeness (QED) is 0.479. The van der Waals surface area contributed by atoms with Gasteiger partial charge in [-0.1, -0.05) is 0 Å². The van der Waals surface area contributed by atoms with Crippen LogP contribution in [0.5, 0.6) is 0 Å². The first-order valence-electron chi connectivity index (χ1n) is 4.75. The zero-order valence-corrected chi connectivity index (χ0v) is 9.18. The van der Waals surface area contributed by atoms with E-state index < -0.39 is 41.5 Å². The molecule has 0 saturated carbocycles. The van der Waals surface area contributed by atoms with Gasteiger partial charge in [0, 0.05) is 12.5 Å². The Kier molecular flexibility index (Phi) is 4.05. The number of hydrogen-bond acceptors (Lipinski definition) is 3. The molecule has 0 aliphatic rings. The molecule has 1 aromatic rings. The zero-order valence-electron chi connectivity index (χ0n) is 9.18. The molecule has 98 valence electrons. The number of benzene rings is 1. The van der Waals surface area contributed by atoms with Crippen LogP contribution in [-0.2, 0) is 15.7 Å². The molecule has 0 saturated heterocycles. The molecule has 1 aromatic carbocycles. The molecular formula is C11H8F4O3. The summed E-state index contributed by atoms with van der Waals surface area (Å²) in [5.41, 5.74) is -2.12. The van der Waals surface area contributed by atoms with Crippen LogP contribution in [0.15, 0.2) is 18.2 Å². The molecule has 0 fully saturated rings. The van der Waals surface area contributed by atoms with E-state index in [1.54, 1.807) is 0 Å². The van der Waals surface area contributed by atoms with Crippen LogP contribution in [0, 0.1) is 5.82 Å². The predicted octanol–water partition coefficient (Wildman–Crippen LogP) is 2.59. The number of carbonyl (C=O) groups excluding carboxylic acids is 2. The number of halogens is 4. The molecule has 1 rings (SSSR count). The number of carbonyl (C=O) groups is 2. The molecule has 18 heavy (non-hydrogen) atoms. The van der Waals surface area contributed by atoms with Crippen LogP contribution in [0.4, 0.5) is 17.6 Å². The number of Topliss-reactive ketones (excluding diaryl/α,β-unsaturated/α-hetero) is 1. The maximum absolute atomic E-state index is 12.8. The van der Waals surface area contributed by atoms with Crippen LogP contribution in [0.25, 0.3) is 0 Å². The normalized spacial score (nSPS) is 11.2. The smallest absolute Gasteiger partial charge is 0.417 e. The van der Waals surface area contributed by atoms with Crippen molar-refractivity contribution in [2.45, 2.75) is 13.1 Å². The van der Waals surface area contributed by atoms with E-state index in [1.807, 2.05) is 0 Å². The van der Waals surface area contributed by atoms with Crippen LogP contribution in [0.1, 0.15) is 22.8 Å². The monoisotopic (exact) mass is 264 g/mol. The van der Waals surface area contributed by atoms with Gasteiger partial charge >= 0.3 is 12.1 Å². The van der Waals surface area contributed by atoms with E-state index >= 15 is 0 Å². The first kappa shape index (κ1) is 14.1. The van der Waals surface area contributed by atoms with Gasteiger partial charge in [-0.15, -0.1) is 0 Å². The number of hydrogen-bond donors (Lipinski definition) is 0. The van der Waals surface area contributed by atoms with Crippen molar-refractivity contribution in [3.63, 3.8) is 0 Å². The highest BCUT2D eigenvalue weighted by atomic mass is 19.4. The molecule has 0 aliphatic heterocycles. The highest BCUT2D eigenvalue weighted by molar-refractivity contribution is 5.99. The summed E-state index contributed by atoms with van der Waals surface area (Å²) in [6.07, 6.45) is -4.86. The Labute approximate surface area is 99.4 Å². The highest BCUT2D eigenvalue weighted by Crippen LogP contribution is 2.32. The Morgan fingerprint density at radius 2 is 1.89 bits per heavy atom. The average molecular weight is 264 g/mol. The number of ketones is 1. The standard InChI is InChI=1S/C11H8F4O3/c1-6(16)18-5-10(17)8-3-2-7(12)4-9(8)11(13,14)15/h2-4H,5H2,1H3. The number of rotatable bonds is 3. The second-order valence-electron chi connectivity index (χ2n) is 3.39. The Morgan fingerprint density at radius 3 is 2.39 bits per heavy atom. The fourth-order valence-corrected chi connectivity index (χ4v) is 1.24. The van der Waals surface area contributed by atoms with Crippen molar-refractivity contribution >= 4 is 11.8 Å². The molecule has 0 aliphatic carbocycles. The topological polar surface area (TPSA) is 43.4 Å². The van der Waals surface area contributed by atoms with Crippen LogP contribution in [-0.4, -0.2) is 18.4 Å². The summed E-state index contributed by atoms with van der Waals surface area (Å²) < 4.78 is 54.7. The molecule has 0 bridgehead atoms. The van der Waals surface area contributed by atoms with Crippen molar-refractivity contribution in [3.8, 4) is 0 Å². The van der Waals surface area contributed by atoms with Gasteiger partial charge in [-0.3, -0.25) is 9.59 Å². The molecule has 7 heteroatoms. The summed E-state index contributed by atoms with van der Waals surface area (Å²) in [6, 6.07) is 1.67. The van der Waals surface area contributed by atoms with Crippen molar-refractivity contribution in [2.24, 2.45) is 0 Å². The summed E-state index contributed by atoms with van der Waals surface area (Å²) in [7, 11) is 0. The van der Waals surface area contributed by atoms with Crippen molar-refractivity contribution in [2.75, 3.05) is 6.61 Å². The van der Waals surface area contributed by atoms with E-state index in [0.717, 1.165) is 13.0 Å². The largest absolute Gasteiger partial charge is 0.457 e. The Hall–Kier alpha value is -1.92. The molecule has 0 aromatic heterocycles. The average Bonchev–Trinajstić information content (AvgIpc) is 2.24. The van der Waals surface area contributed by atoms with Gasteiger partial charge in [-0.25, -0.2) is 4.39 Å². The van der Waals surface area contributed by atoms with Gasteiger partial charge in [0.2, 0.25) is 5.78 Å². The fraction of sp³-hybridized carbons (Fsp3) is 0.273. The minimum Gasteiger partial charge on any atom is -0.457 e. The third kappa shape index (κ3) is 3.54. The van der Waals surface area contributed by atoms with Gasteiger partial charge in [0.25, 0.3) is 0 Å². The number of ether oxygens (including phenoxy) is 1. The van der Waals surface area contributed by atoms with E-state index in [0.29, 0.717) is 6.07 Å². The van der Waals surface area contributed by atoms with Crippen LogP contribution >= 0.6 is 0 Å². The Bertz CT molecular complexity index is 480. The first-order valence-corrected chi connectivity index (χ1v) is 4.75. The molecular weight excluding hydrogens is 256 g/mol. The number of esters is 1.